The van der Waals surface area contributed by atoms with Crippen LogP contribution >= 0.6 is 0 Å². The Morgan fingerprint density at radius 2 is 1.56 bits per heavy atom. The van der Waals surface area contributed by atoms with Gasteiger partial charge in [0.15, 0.2) is 0 Å². The van der Waals surface area contributed by atoms with Crippen molar-refractivity contribution in [3.63, 3.8) is 0 Å². The number of hydrogen-bond acceptors (Lipinski definition) is 3. The van der Waals surface area contributed by atoms with Gasteiger partial charge in [0.25, 0.3) is 0 Å². The fourth-order valence-electron chi connectivity index (χ4n) is 2.93. The van der Waals surface area contributed by atoms with Gasteiger partial charge in [0.05, 0.1) is 7.11 Å². The molecule has 0 aliphatic carbocycles. The zero-order valence-corrected chi connectivity index (χ0v) is 16.3. The summed E-state index contributed by atoms with van der Waals surface area (Å²) >= 11 is 0. The maximum absolute atomic E-state index is 12.3. The second-order valence-corrected chi connectivity index (χ2v) is 6.33. The topological polar surface area (TPSA) is 67.4 Å². The molecule has 2 aromatic carbocycles. The summed E-state index contributed by atoms with van der Waals surface area (Å²) in [4.78, 5) is 24.3. The Hall–Kier alpha value is -2.82. The molecule has 0 heterocycles. The molecular weight excluding hydrogens is 340 g/mol. The van der Waals surface area contributed by atoms with Crippen molar-refractivity contribution in [1.82, 2.24) is 5.32 Å². The summed E-state index contributed by atoms with van der Waals surface area (Å²) in [6, 6.07) is 13.7. The first-order valence-electron chi connectivity index (χ1n) is 9.37. The van der Waals surface area contributed by atoms with E-state index in [4.69, 9.17) is 4.74 Å². The summed E-state index contributed by atoms with van der Waals surface area (Å²) in [6.45, 7) is 4.59. The molecular formula is C22H28N2O3. The molecule has 0 saturated carbocycles. The van der Waals surface area contributed by atoms with Gasteiger partial charge in [-0.2, -0.15) is 0 Å². The third-order valence-electron chi connectivity index (χ3n) is 4.48. The van der Waals surface area contributed by atoms with Gasteiger partial charge in [0.1, 0.15) is 12.2 Å². The lowest BCUT2D eigenvalue weighted by Gasteiger charge is -2.14. The van der Waals surface area contributed by atoms with Crippen molar-refractivity contribution in [2.24, 2.45) is 0 Å². The number of rotatable bonds is 9. The maximum atomic E-state index is 12.3. The smallest absolute Gasteiger partial charge is 0.233 e. The first-order valence-corrected chi connectivity index (χ1v) is 9.37. The van der Waals surface area contributed by atoms with Crippen LogP contribution in [-0.4, -0.2) is 25.5 Å². The Morgan fingerprint density at radius 1 is 0.926 bits per heavy atom. The van der Waals surface area contributed by atoms with Crippen LogP contribution in [-0.2, 0) is 28.9 Å². The Morgan fingerprint density at radius 3 is 2.11 bits per heavy atom. The van der Waals surface area contributed by atoms with E-state index in [9.17, 15) is 9.59 Å². The number of benzene rings is 2. The van der Waals surface area contributed by atoms with Gasteiger partial charge in [-0.15, -0.1) is 0 Å². The zero-order chi connectivity index (χ0) is 19.6. The molecule has 0 saturated heterocycles. The van der Waals surface area contributed by atoms with Crippen molar-refractivity contribution in [3.05, 3.63) is 59.2 Å². The molecule has 5 heteroatoms. The van der Waals surface area contributed by atoms with Crippen LogP contribution in [0.1, 0.15) is 37.0 Å². The molecule has 2 N–H and O–H groups in total. The van der Waals surface area contributed by atoms with Crippen LogP contribution in [0, 0.1) is 0 Å². The molecule has 27 heavy (non-hydrogen) atoms. The standard InChI is InChI=1S/C22H28N2O3/c1-4-17-7-6-8-18(5-2)22(17)24-21(26)15-20(25)23-14-13-16-9-11-19(27-3)12-10-16/h6-12H,4-5,13-15H2,1-3H3,(H,23,25)(H,24,26). The van der Waals surface area contributed by atoms with Gasteiger partial charge >= 0.3 is 0 Å². The normalized spacial score (nSPS) is 10.3. The predicted octanol–water partition coefficient (Wildman–Crippen LogP) is 3.51. The van der Waals surface area contributed by atoms with Gasteiger partial charge in [-0.05, 0) is 48.1 Å². The van der Waals surface area contributed by atoms with Crippen molar-refractivity contribution in [3.8, 4) is 5.75 Å². The number of aryl methyl sites for hydroxylation is 2. The molecule has 0 aromatic heterocycles. The Labute approximate surface area is 161 Å². The minimum absolute atomic E-state index is 0.177. The number of carbonyl (C=O) groups excluding carboxylic acids is 2. The van der Waals surface area contributed by atoms with E-state index in [2.05, 4.69) is 24.5 Å². The number of amides is 2. The predicted molar refractivity (Wildman–Crippen MR) is 108 cm³/mol. The minimum Gasteiger partial charge on any atom is -0.497 e. The number of para-hydroxylation sites is 1. The quantitative estimate of drug-likeness (QED) is 0.666. The Kier molecular flexibility index (Phi) is 7.86. The van der Waals surface area contributed by atoms with E-state index < -0.39 is 0 Å². The number of methoxy groups -OCH3 is 1. The van der Waals surface area contributed by atoms with E-state index in [1.54, 1.807) is 7.11 Å². The fourth-order valence-corrected chi connectivity index (χ4v) is 2.93. The lowest BCUT2D eigenvalue weighted by Crippen LogP contribution is -2.30. The van der Waals surface area contributed by atoms with E-state index in [0.717, 1.165) is 41.0 Å². The van der Waals surface area contributed by atoms with E-state index in [0.29, 0.717) is 13.0 Å². The monoisotopic (exact) mass is 368 g/mol. The Bertz CT molecular complexity index is 747. The molecule has 0 aliphatic rings. The van der Waals surface area contributed by atoms with Crippen LogP contribution in [0.5, 0.6) is 5.75 Å². The number of carbonyl (C=O) groups is 2. The average Bonchev–Trinajstić information content (AvgIpc) is 2.68. The highest BCUT2D eigenvalue weighted by molar-refractivity contribution is 6.04. The SMILES string of the molecule is CCc1cccc(CC)c1NC(=O)CC(=O)NCCc1ccc(OC)cc1. The summed E-state index contributed by atoms with van der Waals surface area (Å²) in [5.74, 6) is 0.249. The summed E-state index contributed by atoms with van der Waals surface area (Å²) < 4.78 is 5.12. The molecule has 0 atom stereocenters. The molecule has 0 unspecified atom stereocenters. The zero-order valence-electron chi connectivity index (χ0n) is 16.3. The largest absolute Gasteiger partial charge is 0.497 e. The van der Waals surface area contributed by atoms with Crippen LogP contribution in [0.3, 0.4) is 0 Å². The first kappa shape index (κ1) is 20.5. The first-order chi connectivity index (χ1) is 13.1. The van der Waals surface area contributed by atoms with Gasteiger partial charge in [0, 0.05) is 12.2 Å². The Balaban J connectivity index is 1.82. The summed E-state index contributed by atoms with van der Waals surface area (Å²) in [7, 11) is 1.63. The molecule has 2 amide bonds. The molecule has 2 aromatic rings. The van der Waals surface area contributed by atoms with E-state index in [1.165, 1.54) is 0 Å². The van der Waals surface area contributed by atoms with E-state index in [1.807, 2.05) is 42.5 Å². The van der Waals surface area contributed by atoms with Crippen molar-refractivity contribution < 1.29 is 14.3 Å². The van der Waals surface area contributed by atoms with Crippen molar-refractivity contribution in [2.45, 2.75) is 39.5 Å². The van der Waals surface area contributed by atoms with Gasteiger partial charge in [0.2, 0.25) is 11.8 Å². The lowest BCUT2D eigenvalue weighted by atomic mass is 10.0. The van der Waals surface area contributed by atoms with Crippen LogP contribution in [0.25, 0.3) is 0 Å². The molecule has 0 aliphatic heterocycles. The van der Waals surface area contributed by atoms with Gasteiger partial charge in [-0.25, -0.2) is 0 Å². The summed E-state index contributed by atoms with van der Waals surface area (Å²) in [6.07, 6.45) is 2.19. The van der Waals surface area contributed by atoms with Gasteiger partial charge in [-0.1, -0.05) is 44.2 Å². The number of ether oxygens (including phenoxy) is 1. The molecule has 144 valence electrons. The second-order valence-electron chi connectivity index (χ2n) is 6.33. The van der Waals surface area contributed by atoms with Gasteiger partial charge < -0.3 is 15.4 Å². The third-order valence-corrected chi connectivity index (χ3v) is 4.48. The molecule has 0 radical (unpaired) electrons. The molecule has 2 rings (SSSR count). The minimum atomic E-state index is -0.285. The number of nitrogens with one attached hydrogen (secondary N) is 2. The fraction of sp³-hybridized carbons (Fsp3) is 0.364. The molecule has 5 nitrogen and oxygen atoms in total. The van der Waals surface area contributed by atoms with Gasteiger partial charge in [-0.3, -0.25) is 9.59 Å². The van der Waals surface area contributed by atoms with E-state index >= 15 is 0 Å². The van der Waals surface area contributed by atoms with E-state index in [-0.39, 0.29) is 18.2 Å². The summed E-state index contributed by atoms with van der Waals surface area (Å²) in [5.41, 5.74) is 4.12. The van der Waals surface area contributed by atoms with Crippen LogP contribution in [0.15, 0.2) is 42.5 Å². The second kappa shape index (κ2) is 10.4. The van der Waals surface area contributed by atoms with Crippen molar-refractivity contribution in [1.29, 1.82) is 0 Å². The average molecular weight is 368 g/mol. The molecule has 0 bridgehead atoms. The van der Waals surface area contributed by atoms with Crippen LogP contribution in [0.4, 0.5) is 5.69 Å². The maximum Gasteiger partial charge on any atom is 0.233 e. The van der Waals surface area contributed by atoms with Crippen LogP contribution in [0.2, 0.25) is 0 Å². The van der Waals surface area contributed by atoms with Crippen molar-refractivity contribution >= 4 is 17.5 Å². The number of anilines is 1. The highest BCUT2D eigenvalue weighted by atomic mass is 16.5. The van der Waals surface area contributed by atoms with Crippen LogP contribution < -0.4 is 15.4 Å². The number of hydrogen-bond donors (Lipinski definition) is 2. The third kappa shape index (κ3) is 6.13. The molecule has 0 fully saturated rings. The molecule has 0 spiro atoms. The van der Waals surface area contributed by atoms with Crippen molar-refractivity contribution in [2.75, 3.05) is 19.0 Å². The highest BCUT2D eigenvalue weighted by Gasteiger charge is 2.13. The lowest BCUT2D eigenvalue weighted by molar-refractivity contribution is -0.126. The summed E-state index contributed by atoms with van der Waals surface area (Å²) in [5, 5.41) is 5.72. The highest BCUT2D eigenvalue weighted by Crippen LogP contribution is 2.22.